The number of hydrogen-bond acceptors (Lipinski definition) is 2. The van der Waals surface area contributed by atoms with Gasteiger partial charge >= 0.3 is 0 Å². The Labute approximate surface area is 131 Å². The summed E-state index contributed by atoms with van der Waals surface area (Å²) < 4.78 is 5.27. The number of fused-ring (bicyclic) bond motifs is 1. The molecule has 1 heterocycles. The zero-order chi connectivity index (χ0) is 15.7. The van der Waals surface area contributed by atoms with Crippen LogP contribution in [0.15, 0.2) is 54.7 Å². The maximum Gasteiger partial charge on any atom is 0.118 e. The van der Waals surface area contributed by atoms with Crippen molar-refractivity contribution in [2.24, 2.45) is 0 Å². The molecular formula is C20H21NO. The SMILES string of the molecule is COc1ccc(-c2c(C(C)(C)C)ncc3ccccc23)cc1. The van der Waals surface area contributed by atoms with E-state index >= 15 is 0 Å². The summed E-state index contributed by atoms with van der Waals surface area (Å²) in [5.41, 5.74) is 3.50. The van der Waals surface area contributed by atoms with Gasteiger partial charge in [-0.15, -0.1) is 0 Å². The summed E-state index contributed by atoms with van der Waals surface area (Å²) >= 11 is 0. The smallest absolute Gasteiger partial charge is 0.118 e. The first-order valence-corrected chi connectivity index (χ1v) is 7.53. The highest BCUT2D eigenvalue weighted by Crippen LogP contribution is 2.37. The van der Waals surface area contributed by atoms with Gasteiger partial charge in [-0.05, 0) is 23.1 Å². The van der Waals surface area contributed by atoms with Crippen LogP contribution in [-0.2, 0) is 5.41 Å². The van der Waals surface area contributed by atoms with Gasteiger partial charge in [-0.2, -0.15) is 0 Å². The van der Waals surface area contributed by atoms with Gasteiger partial charge in [0.1, 0.15) is 5.75 Å². The Kier molecular flexibility index (Phi) is 3.61. The lowest BCUT2D eigenvalue weighted by Crippen LogP contribution is -2.15. The monoisotopic (exact) mass is 291 g/mol. The minimum absolute atomic E-state index is 0.0146. The van der Waals surface area contributed by atoms with Crippen molar-refractivity contribution in [1.82, 2.24) is 4.98 Å². The van der Waals surface area contributed by atoms with Crippen LogP contribution >= 0.6 is 0 Å². The van der Waals surface area contributed by atoms with Crippen molar-refractivity contribution < 1.29 is 4.74 Å². The van der Waals surface area contributed by atoms with Gasteiger partial charge in [0.2, 0.25) is 0 Å². The first kappa shape index (κ1) is 14.6. The van der Waals surface area contributed by atoms with Gasteiger partial charge in [0.25, 0.3) is 0 Å². The van der Waals surface area contributed by atoms with Crippen molar-refractivity contribution in [2.75, 3.05) is 7.11 Å². The minimum Gasteiger partial charge on any atom is -0.497 e. The van der Waals surface area contributed by atoms with Crippen LogP contribution in [0.1, 0.15) is 26.5 Å². The zero-order valence-corrected chi connectivity index (χ0v) is 13.6. The molecule has 0 aliphatic rings. The summed E-state index contributed by atoms with van der Waals surface area (Å²) in [7, 11) is 1.69. The van der Waals surface area contributed by atoms with Crippen LogP contribution in [0.2, 0.25) is 0 Å². The van der Waals surface area contributed by atoms with E-state index in [9.17, 15) is 0 Å². The third-order valence-electron chi connectivity index (χ3n) is 3.89. The van der Waals surface area contributed by atoms with E-state index in [1.807, 2.05) is 18.3 Å². The highest BCUT2D eigenvalue weighted by Gasteiger charge is 2.22. The predicted octanol–water partition coefficient (Wildman–Crippen LogP) is 5.21. The quantitative estimate of drug-likeness (QED) is 0.646. The molecule has 3 aromatic rings. The minimum atomic E-state index is -0.0146. The molecular weight excluding hydrogens is 270 g/mol. The molecule has 112 valence electrons. The van der Waals surface area contributed by atoms with Crippen LogP contribution in [-0.4, -0.2) is 12.1 Å². The Morgan fingerprint density at radius 2 is 1.59 bits per heavy atom. The molecule has 0 aliphatic heterocycles. The molecule has 0 N–H and O–H groups in total. The molecule has 2 heteroatoms. The summed E-state index contributed by atoms with van der Waals surface area (Å²) in [6.45, 7) is 6.62. The van der Waals surface area contributed by atoms with E-state index in [0.717, 1.165) is 11.4 Å². The molecule has 0 bridgehead atoms. The van der Waals surface area contributed by atoms with Gasteiger partial charge in [-0.1, -0.05) is 57.2 Å². The number of nitrogens with zero attached hydrogens (tertiary/aromatic N) is 1. The molecule has 1 aromatic heterocycles. The Morgan fingerprint density at radius 3 is 2.23 bits per heavy atom. The standard InChI is InChI=1S/C20H21NO/c1-20(2,3)19-18(14-9-11-16(22-4)12-10-14)17-8-6-5-7-15(17)13-21-19/h5-13H,1-4H3. The molecule has 0 fully saturated rings. The third kappa shape index (κ3) is 2.57. The lowest BCUT2D eigenvalue weighted by Gasteiger charge is -2.23. The lowest BCUT2D eigenvalue weighted by atomic mass is 9.84. The van der Waals surface area contributed by atoms with E-state index in [-0.39, 0.29) is 5.41 Å². The Hall–Kier alpha value is -2.35. The number of pyridine rings is 1. The molecule has 22 heavy (non-hydrogen) atoms. The molecule has 0 amide bonds. The summed E-state index contributed by atoms with van der Waals surface area (Å²) in [5, 5.41) is 2.41. The Morgan fingerprint density at radius 1 is 0.909 bits per heavy atom. The summed E-state index contributed by atoms with van der Waals surface area (Å²) in [6, 6.07) is 16.6. The van der Waals surface area contributed by atoms with Gasteiger partial charge in [-0.3, -0.25) is 4.98 Å². The topological polar surface area (TPSA) is 22.1 Å². The van der Waals surface area contributed by atoms with Crippen LogP contribution in [0, 0.1) is 0 Å². The van der Waals surface area contributed by atoms with Crippen molar-refractivity contribution in [2.45, 2.75) is 26.2 Å². The first-order valence-electron chi connectivity index (χ1n) is 7.53. The summed E-state index contributed by atoms with van der Waals surface area (Å²) in [4.78, 5) is 4.77. The summed E-state index contributed by atoms with van der Waals surface area (Å²) in [6.07, 6.45) is 1.98. The van der Waals surface area contributed by atoms with Crippen molar-refractivity contribution >= 4 is 10.8 Å². The average molecular weight is 291 g/mol. The van der Waals surface area contributed by atoms with E-state index in [4.69, 9.17) is 9.72 Å². The number of ether oxygens (including phenoxy) is 1. The fourth-order valence-electron chi connectivity index (χ4n) is 2.78. The molecule has 0 radical (unpaired) electrons. The molecule has 0 saturated carbocycles. The third-order valence-corrected chi connectivity index (χ3v) is 3.89. The highest BCUT2D eigenvalue weighted by molar-refractivity contribution is 5.97. The predicted molar refractivity (Wildman–Crippen MR) is 92.4 cm³/mol. The molecule has 2 aromatic carbocycles. The van der Waals surface area contributed by atoms with Crippen LogP contribution in [0.3, 0.4) is 0 Å². The largest absolute Gasteiger partial charge is 0.497 e. The maximum atomic E-state index is 5.27. The second-order valence-corrected chi connectivity index (χ2v) is 6.55. The van der Waals surface area contributed by atoms with Crippen molar-refractivity contribution in [3.8, 4) is 16.9 Å². The van der Waals surface area contributed by atoms with Crippen LogP contribution in [0.25, 0.3) is 21.9 Å². The average Bonchev–Trinajstić information content (AvgIpc) is 2.53. The zero-order valence-electron chi connectivity index (χ0n) is 13.6. The number of rotatable bonds is 2. The van der Waals surface area contributed by atoms with Crippen LogP contribution < -0.4 is 4.74 Å². The number of benzene rings is 2. The second-order valence-electron chi connectivity index (χ2n) is 6.55. The number of methoxy groups -OCH3 is 1. The molecule has 0 spiro atoms. The lowest BCUT2D eigenvalue weighted by molar-refractivity contribution is 0.415. The van der Waals surface area contributed by atoms with Gasteiger partial charge in [0.15, 0.2) is 0 Å². The van der Waals surface area contributed by atoms with Gasteiger partial charge in [0.05, 0.1) is 12.8 Å². The van der Waals surface area contributed by atoms with Gasteiger partial charge in [-0.25, -0.2) is 0 Å². The molecule has 2 nitrogen and oxygen atoms in total. The van der Waals surface area contributed by atoms with Crippen molar-refractivity contribution in [3.63, 3.8) is 0 Å². The van der Waals surface area contributed by atoms with E-state index in [0.29, 0.717) is 0 Å². The van der Waals surface area contributed by atoms with E-state index in [1.165, 1.54) is 21.9 Å². The fraction of sp³-hybridized carbons (Fsp3) is 0.250. The second kappa shape index (κ2) is 5.45. The molecule has 0 saturated heterocycles. The molecule has 0 aliphatic carbocycles. The number of aromatic nitrogens is 1. The van der Waals surface area contributed by atoms with Gasteiger partial charge in [0, 0.05) is 22.6 Å². The van der Waals surface area contributed by atoms with Crippen molar-refractivity contribution in [1.29, 1.82) is 0 Å². The Bertz CT molecular complexity index is 798. The van der Waals surface area contributed by atoms with Crippen LogP contribution in [0.4, 0.5) is 0 Å². The maximum absolute atomic E-state index is 5.27. The van der Waals surface area contributed by atoms with E-state index < -0.39 is 0 Å². The summed E-state index contributed by atoms with van der Waals surface area (Å²) in [5.74, 6) is 0.870. The van der Waals surface area contributed by atoms with E-state index in [1.54, 1.807) is 7.11 Å². The molecule has 3 rings (SSSR count). The number of hydrogen-bond donors (Lipinski definition) is 0. The Balaban J connectivity index is 2.32. The fourth-order valence-corrected chi connectivity index (χ4v) is 2.78. The molecule has 0 unspecified atom stereocenters. The molecule has 0 atom stereocenters. The van der Waals surface area contributed by atoms with E-state index in [2.05, 4.69) is 57.2 Å². The van der Waals surface area contributed by atoms with Gasteiger partial charge < -0.3 is 4.74 Å². The normalized spacial score (nSPS) is 11.6. The van der Waals surface area contributed by atoms with Crippen molar-refractivity contribution in [3.05, 3.63) is 60.4 Å². The first-order chi connectivity index (χ1) is 10.5. The van der Waals surface area contributed by atoms with Crippen LogP contribution in [0.5, 0.6) is 5.75 Å². The highest BCUT2D eigenvalue weighted by atomic mass is 16.5.